The number of amides is 1. The van der Waals surface area contributed by atoms with E-state index in [2.05, 4.69) is 5.32 Å². The predicted octanol–water partition coefficient (Wildman–Crippen LogP) is 1.56. The quantitative estimate of drug-likeness (QED) is 0.901. The summed E-state index contributed by atoms with van der Waals surface area (Å²) in [4.78, 5) is 23.5. The molecule has 0 saturated heterocycles. The maximum atomic E-state index is 11.9. The average Bonchev–Trinajstić information content (AvgIpc) is 2.89. The van der Waals surface area contributed by atoms with Crippen molar-refractivity contribution in [3.8, 4) is 11.5 Å². The Labute approximate surface area is 137 Å². The molecule has 2 heterocycles. The first-order chi connectivity index (χ1) is 11.1. The molecule has 0 spiro atoms. The highest BCUT2D eigenvalue weighted by molar-refractivity contribution is 7.07. The van der Waals surface area contributed by atoms with Gasteiger partial charge in [0.2, 0.25) is 5.91 Å². The molecule has 0 unspecified atom stereocenters. The van der Waals surface area contributed by atoms with Crippen LogP contribution in [0.15, 0.2) is 34.4 Å². The van der Waals surface area contributed by atoms with E-state index in [-0.39, 0.29) is 23.3 Å². The van der Waals surface area contributed by atoms with Crippen LogP contribution >= 0.6 is 11.3 Å². The van der Waals surface area contributed by atoms with Gasteiger partial charge in [0.1, 0.15) is 12.7 Å². The molecule has 2 aromatic rings. The number of para-hydroxylation sites is 2. The Balaban J connectivity index is 1.46. The maximum absolute atomic E-state index is 11.9. The Kier molecular flexibility index (Phi) is 4.66. The van der Waals surface area contributed by atoms with Crippen LogP contribution in [-0.2, 0) is 11.3 Å². The molecule has 1 amide bonds. The van der Waals surface area contributed by atoms with E-state index >= 15 is 0 Å². The number of aryl methyl sites for hydroxylation is 1. The Morgan fingerprint density at radius 2 is 2.17 bits per heavy atom. The van der Waals surface area contributed by atoms with Crippen LogP contribution in [-0.4, -0.2) is 29.7 Å². The van der Waals surface area contributed by atoms with Crippen LogP contribution in [0, 0.1) is 6.92 Å². The number of nitrogens with one attached hydrogen (secondary N) is 1. The van der Waals surface area contributed by atoms with E-state index < -0.39 is 0 Å². The highest BCUT2D eigenvalue weighted by Crippen LogP contribution is 2.30. The summed E-state index contributed by atoms with van der Waals surface area (Å²) in [6.07, 6.45) is 0.0567. The number of carbonyl (C=O) groups excluding carboxylic acids is 1. The molecule has 122 valence electrons. The minimum absolute atomic E-state index is 0.0316. The molecule has 23 heavy (non-hydrogen) atoms. The molecule has 0 bridgehead atoms. The Morgan fingerprint density at radius 1 is 1.39 bits per heavy atom. The fraction of sp³-hybridized carbons (Fsp3) is 0.375. The highest BCUT2D eigenvalue weighted by Gasteiger charge is 2.21. The van der Waals surface area contributed by atoms with E-state index in [1.165, 1.54) is 0 Å². The van der Waals surface area contributed by atoms with E-state index in [4.69, 9.17) is 9.47 Å². The lowest BCUT2D eigenvalue weighted by molar-refractivity contribution is -0.121. The molecule has 0 radical (unpaired) electrons. The second-order valence-electron chi connectivity index (χ2n) is 5.35. The number of benzene rings is 1. The molecule has 1 aromatic carbocycles. The summed E-state index contributed by atoms with van der Waals surface area (Å²) in [5, 5.41) is 4.63. The third-order valence-electron chi connectivity index (χ3n) is 3.63. The predicted molar refractivity (Wildman–Crippen MR) is 87.3 cm³/mol. The second-order valence-corrected chi connectivity index (χ2v) is 6.17. The van der Waals surface area contributed by atoms with Gasteiger partial charge in [0.15, 0.2) is 11.5 Å². The van der Waals surface area contributed by atoms with Crippen LogP contribution in [0.5, 0.6) is 11.5 Å². The molecule has 3 rings (SSSR count). The van der Waals surface area contributed by atoms with Gasteiger partial charge in [-0.25, -0.2) is 0 Å². The lowest BCUT2D eigenvalue weighted by Crippen LogP contribution is -2.41. The third-order valence-corrected chi connectivity index (χ3v) is 4.51. The normalized spacial score (nSPS) is 16.1. The van der Waals surface area contributed by atoms with Crippen LogP contribution in [0.25, 0.3) is 0 Å². The molecule has 0 aliphatic carbocycles. The van der Waals surface area contributed by atoms with Crippen molar-refractivity contribution in [3.63, 3.8) is 0 Å². The van der Waals surface area contributed by atoms with Crippen LogP contribution in [0.2, 0.25) is 0 Å². The first-order valence-corrected chi connectivity index (χ1v) is 8.31. The lowest BCUT2D eigenvalue weighted by atomic mass is 10.2. The molecular weight excluding hydrogens is 316 g/mol. The molecule has 0 fully saturated rings. The first-order valence-electron chi connectivity index (χ1n) is 7.43. The Bertz CT molecular complexity index is 753. The van der Waals surface area contributed by atoms with Crippen molar-refractivity contribution in [3.05, 3.63) is 45.0 Å². The number of fused-ring (bicyclic) bond motifs is 1. The van der Waals surface area contributed by atoms with Crippen molar-refractivity contribution in [2.75, 3.05) is 13.2 Å². The van der Waals surface area contributed by atoms with E-state index in [0.717, 1.165) is 22.8 Å². The van der Waals surface area contributed by atoms with Gasteiger partial charge in [-0.2, -0.15) is 0 Å². The van der Waals surface area contributed by atoms with Crippen molar-refractivity contribution in [1.29, 1.82) is 0 Å². The van der Waals surface area contributed by atoms with Crippen molar-refractivity contribution in [2.24, 2.45) is 0 Å². The van der Waals surface area contributed by atoms with Crippen LogP contribution in [0.3, 0.4) is 0 Å². The summed E-state index contributed by atoms with van der Waals surface area (Å²) >= 11 is 1.15. The summed E-state index contributed by atoms with van der Waals surface area (Å²) in [5.41, 5.74) is 0.883. The van der Waals surface area contributed by atoms with E-state index in [1.54, 1.807) is 9.95 Å². The van der Waals surface area contributed by atoms with Crippen molar-refractivity contribution in [2.45, 2.75) is 26.0 Å². The zero-order valence-electron chi connectivity index (χ0n) is 12.8. The topological polar surface area (TPSA) is 69.6 Å². The van der Waals surface area contributed by atoms with Crippen molar-refractivity contribution in [1.82, 2.24) is 9.88 Å². The maximum Gasteiger partial charge on any atom is 0.307 e. The van der Waals surface area contributed by atoms with Gasteiger partial charge in [-0.05, 0) is 19.1 Å². The van der Waals surface area contributed by atoms with Crippen molar-refractivity contribution < 1.29 is 14.3 Å². The number of thiazole rings is 1. The SMILES string of the molecule is Cc1csc(=O)n1CCC(=O)NC[C@H]1COc2ccccc2O1. The summed E-state index contributed by atoms with van der Waals surface area (Å²) in [6.45, 7) is 3.04. The smallest absolute Gasteiger partial charge is 0.307 e. The van der Waals surface area contributed by atoms with Crippen molar-refractivity contribution >= 4 is 17.2 Å². The summed E-state index contributed by atoms with van der Waals surface area (Å²) in [6, 6.07) is 7.46. The third kappa shape index (κ3) is 3.73. The van der Waals surface area contributed by atoms with E-state index in [9.17, 15) is 9.59 Å². The first kappa shape index (κ1) is 15.6. The number of rotatable bonds is 5. The molecule has 1 aromatic heterocycles. The van der Waals surface area contributed by atoms with Gasteiger partial charge in [-0.1, -0.05) is 23.5 Å². The van der Waals surface area contributed by atoms with Gasteiger partial charge in [-0.15, -0.1) is 0 Å². The monoisotopic (exact) mass is 334 g/mol. The summed E-state index contributed by atoms with van der Waals surface area (Å²) < 4.78 is 13.0. The lowest BCUT2D eigenvalue weighted by Gasteiger charge is -2.26. The minimum Gasteiger partial charge on any atom is -0.486 e. The van der Waals surface area contributed by atoms with Gasteiger partial charge in [0, 0.05) is 24.0 Å². The number of aromatic nitrogens is 1. The van der Waals surface area contributed by atoms with Crippen LogP contribution < -0.4 is 19.7 Å². The van der Waals surface area contributed by atoms with Crippen LogP contribution in [0.4, 0.5) is 0 Å². The number of carbonyl (C=O) groups is 1. The average molecular weight is 334 g/mol. The molecule has 1 N–H and O–H groups in total. The molecule has 1 aliphatic heterocycles. The molecule has 7 heteroatoms. The summed E-state index contributed by atoms with van der Waals surface area (Å²) in [5.74, 6) is 1.31. The Hall–Kier alpha value is -2.28. The standard InChI is InChI=1S/C16H18N2O4S/c1-11-10-23-16(20)18(11)7-6-15(19)17-8-12-9-21-13-4-2-3-5-14(13)22-12/h2-5,10,12H,6-9H2,1H3,(H,17,19)/t12-/m0/s1. The van der Waals surface area contributed by atoms with Gasteiger partial charge in [0.05, 0.1) is 6.54 Å². The van der Waals surface area contributed by atoms with Gasteiger partial charge >= 0.3 is 4.87 Å². The number of ether oxygens (including phenoxy) is 2. The Morgan fingerprint density at radius 3 is 2.91 bits per heavy atom. The molecule has 1 atom stereocenters. The molecule has 1 aliphatic rings. The zero-order chi connectivity index (χ0) is 16.2. The zero-order valence-corrected chi connectivity index (χ0v) is 13.6. The number of nitrogens with zero attached hydrogens (tertiary/aromatic N) is 1. The number of hydrogen-bond acceptors (Lipinski definition) is 5. The van der Waals surface area contributed by atoms with E-state index in [1.807, 2.05) is 31.2 Å². The fourth-order valence-corrected chi connectivity index (χ4v) is 3.13. The fourth-order valence-electron chi connectivity index (χ4n) is 2.37. The van der Waals surface area contributed by atoms with Gasteiger partial charge < -0.3 is 19.4 Å². The molecule has 6 nitrogen and oxygen atoms in total. The van der Waals surface area contributed by atoms with E-state index in [0.29, 0.717) is 25.4 Å². The largest absolute Gasteiger partial charge is 0.486 e. The second kappa shape index (κ2) is 6.87. The van der Waals surface area contributed by atoms with Gasteiger partial charge in [0.25, 0.3) is 0 Å². The minimum atomic E-state index is -0.209. The molecule has 0 saturated carbocycles. The molecular formula is C16H18N2O4S. The highest BCUT2D eigenvalue weighted by atomic mass is 32.1. The van der Waals surface area contributed by atoms with Gasteiger partial charge in [-0.3, -0.25) is 9.59 Å². The van der Waals surface area contributed by atoms with Crippen LogP contribution in [0.1, 0.15) is 12.1 Å². The summed E-state index contributed by atoms with van der Waals surface area (Å²) in [7, 11) is 0. The number of hydrogen-bond donors (Lipinski definition) is 1.